The van der Waals surface area contributed by atoms with E-state index in [1.807, 2.05) is 0 Å². The Labute approximate surface area is 265 Å². The van der Waals surface area contributed by atoms with Crippen LogP contribution in [0.3, 0.4) is 0 Å². The molecule has 3 atom stereocenters. The highest BCUT2D eigenvalue weighted by atomic mass is 15.1. The van der Waals surface area contributed by atoms with Crippen molar-refractivity contribution in [1.29, 1.82) is 0 Å². The molecule has 44 heavy (non-hydrogen) atoms. The number of hydrogen-bond donors (Lipinski definition) is 0. The number of fused-ring (bicyclic) bond motifs is 2. The molecule has 8 rings (SSSR count). The van der Waals surface area contributed by atoms with Crippen LogP contribution in [0, 0.1) is 11.8 Å². The largest absolute Gasteiger partial charge is 0.311 e. The van der Waals surface area contributed by atoms with E-state index < -0.39 is 0 Å². The van der Waals surface area contributed by atoms with Crippen LogP contribution in [0.25, 0.3) is 0 Å². The van der Waals surface area contributed by atoms with Crippen molar-refractivity contribution >= 4 is 17.1 Å². The lowest BCUT2D eigenvalue weighted by Crippen LogP contribution is -2.30. The first-order valence-electron chi connectivity index (χ1n) is 17.9. The van der Waals surface area contributed by atoms with E-state index >= 15 is 0 Å². The fourth-order valence-corrected chi connectivity index (χ4v) is 9.89. The normalized spacial score (nSPS) is 24.8. The highest BCUT2D eigenvalue weighted by Gasteiger charge is 2.40. The van der Waals surface area contributed by atoms with Crippen LogP contribution in [0.15, 0.2) is 103 Å². The predicted molar refractivity (Wildman–Crippen MR) is 185 cm³/mol. The Bertz CT molecular complexity index is 1510. The first-order valence-corrected chi connectivity index (χ1v) is 17.9. The number of rotatable bonds is 7. The molecule has 4 aromatic carbocycles. The van der Waals surface area contributed by atoms with Crippen LogP contribution in [0.4, 0.5) is 17.1 Å². The van der Waals surface area contributed by atoms with E-state index in [0.717, 1.165) is 23.7 Å². The smallest absolute Gasteiger partial charge is 0.0461 e. The third-order valence-electron chi connectivity index (χ3n) is 12.3. The number of benzene rings is 4. The maximum atomic E-state index is 2.50. The summed E-state index contributed by atoms with van der Waals surface area (Å²) >= 11 is 0. The zero-order valence-electron chi connectivity index (χ0n) is 26.5. The molecule has 4 fully saturated rings. The minimum atomic E-state index is 0.132. The summed E-state index contributed by atoms with van der Waals surface area (Å²) in [4.78, 5) is 2.50. The molecule has 0 amide bonds. The number of anilines is 3. The molecule has 0 spiro atoms. The van der Waals surface area contributed by atoms with Gasteiger partial charge in [0.05, 0.1) is 0 Å². The summed E-state index contributed by atoms with van der Waals surface area (Å²) in [5.41, 5.74) is 9.97. The molecule has 1 heteroatoms. The first-order chi connectivity index (χ1) is 21.8. The molecule has 0 aliphatic heterocycles. The van der Waals surface area contributed by atoms with Gasteiger partial charge in [-0.25, -0.2) is 0 Å². The van der Waals surface area contributed by atoms with Crippen molar-refractivity contribution in [1.82, 2.24) is 0 Å². The highest BCUT2D eigenvalue weighted by Crippen LogP contribution is 2.53. The van der Waals surface area contributed by atoms with Crippen LogP contribution in [0.2, 0.25) is 0 Å². The Morgan fingerprint density at radius 3 is 1.64 bits per heavy atom. The third-order valence-corrected chi connectivity index (χ3v) is 12.3. The molecular weight excluding hydrogens is 530 g/mol. The Morgan fingerprint density at radius 1 is 0.477 bits per heavy atom. The molecule has 0 saturated heterocycles. The van der Waals surface area contributed by atoms with Crippen molar-refractivity contribution in [2.45, 2.75) is 107 Å². The lowest BCUT2D eigenvalue weighted by atomic mass is 9.65. The first kappa shape index (κ1) is 28.2. The van der Waals surface area contributed by atoms with Gasteiger partial charge in [0.15, 0.2) is 0 Å². The van der Waals surface area contributed by atoms with E-state index in [4.69, 9.17) is 0 Å². The minimum absolute atomic E-state index is 0.132. The molecule has 4 aromatic rings. The zero-order chi connectivity index (χ0) is 29.3. The average Bonchev–Trinajstić information content (AvgIpc) is 3.75. The Balaban J connectivity index is 1.14. The van der Waals surface area contributed by atoms with Crippen LogP contribution in [-0.2, 0) is 5.41 Å². The molecule has 0 radical (unpaired) electrons. The summed E-state index contributed by atoms with van der Waals surface area (Å²) in [7, 11) is 0. The van der Waals surface area contributed by atoms with E-state index in [9.17, 15) is 0 Å². The Hall–Kier alpha value is -3.32. The fraction of sp³-hybridized carbons (Fsp3) is 0.442. The second-order valence-corrected chi connectivity index (χ2v) is 14.7. The molecule has 0 N–H and O–H groups in total. The standard InChI is InChI=1S/C43H49N/c1-4-10-33(11-5-1)34-16-22-39(23-17-34)44(40-24-18-35(19-25-40)42-31-32-14-15-36(42)30-32)41-26-20-38(21-27-41)43(28-8-3-9-29-43)37-12-6-2-7-13-37/h2,6-7,12-13,16-27,32-33,36,42H,1,3-5,8-11,14-15,28-31H2. The van der Waals surface area contributed by atoms with Crippen molar-refractivity contribution in [3.05, 3.63) is 125 Å². The van der Waals surface area contributed by atoms with Crippen molar-refractivity contribution in [3.63, 3.8) is 0 Å². The molecule has 4 aliphatic rings. The molecule has 0 aromatic heterocycles. The van der Waals surface area contributed by atoms with Crippen molar-refractivity contribution < 1.29 is 0 Å². The predicted octanol–water partition coefficient (Wildman–Crippen LogP) is 12.4. The molecule has 0 heterocycles. The second-order valence-electron chi connectivity index (χ2n) is 14.7. The maximum Gasteiger partial charge on any atom is 0.0461 e. The van der Waals surface area contributed by atoms with Crippen molar-refractivity contribution in [3.8, 4) is 0 Å². The van der Waals surface area contributed by atoms with Gasteiger partial charge in [0, 0.05) is 22.5 Å². The van der Waals surface area contributed by atoms with Crippen LogP contribution in [0.5, 0.6) is 0 Å². The van der Waals surface area contributed by atoms with E-state index in [1.54, 1.807) is 5.56 Å². The lowest BCUT2D eigenvalue weighted by Gasteiger charge is -2.39. The molecule has 226 valence electrons. The second kappa shape index (κ2) is 12.2. The van der Waals surface area contributed by atoms with Gasteiger partial charge < -0.3 is 4.90 Å². The molecular formula is C43H49N. The van der Waals surface area contributed by atoms with Crippen LogP contribution < -0.4 is 4.90 Å². The van der Waals surface area contributed by atoms with Gasteiger partial charge >= 0.3 is 0 Å². The zero-order valence-corrected chi connectivity index (χ0v) is 26.5. The van der Waals surface area contributed by atoms with Gasteiger partial charge in [-0.15, -0.1) is 0 Å². The van der Waals surface area contributed by atoms with Gasteiger partial charge in [0.2, 0.25) is 0 Å². The summed E-state index contributed by atoms with van der Waals surface area (Å²) < 4.78 is 0. The minimum Gasteiger partial charge on any atom is -0.311 e. The summed E-state index contributed by atoms with van der Waals surface area (Å²) in [6.45, 7) is 0. The molecule has 3 unspecified atom stereocenters. The van der Waals surface area contributed by atoms with Crippen LogP contribution in [0.1, 0.15) is 124 Å². The molecule has 2 bridgehead atoms. The van der Waals surface area contributed by atoms with Crippen LogP contribution >= 0.6 is 0 Å². The van der Waals surface area contributed by atoms with Crippen molar-refractivity contribution in [2.75, 3.05) is 4.90 Å². The summed E-state index contributed by atoms with van der Waals surface area (Å²) in [5.74, 6) is 3.40. The van der Waals surface area contributed by atoms with Gasteiger partial charge in [-0.2, -0.15) is 0 Å². The maximum absolute atomic E-state index is 2.50. The quantitative estimate of drug-likeness (QED) is 0.210. The fourth-order valence-electron chi connectivity index (χ4n) is 9.89. The molecule has 4 saturated carbocycles. The van der Waals surface area contributed by atoms with Crippen LogP contribution in [-0.4, -0.2) is 0 Å². The van der Waals surface area contributed by atoms with Gasteiger partial charge in [-0.05, 0) is 127 Å². The average molecular weight is 580 g/mol. The van der Waals surface area contributed by atoms with E-state index in [1.165, 1.54) is 124 Å². The van der Waals surface area contributed by atoms with Gasteiger partial charge in [-0.3, -0.25) is 0 Å². The van der Waals surface area contributed by atoms with Gasteiger partial charge in [0.1, 0.15) is 0 Å². The van der Waals surface area contributed by atoms with Crippen molar-refractivity contribution in [2.24, 2.45) is 11.8 Å². The summed E-state index contributed by atoms with van der Waals surface area (Å²) in [5, 5.41) is 0. The SMILES string of the molecule is c1ccc(C2(c3ccc(N(c4ccc(C5CCCCC5)cc4)c4ccc(C5CC6CCC5C6)cc4)cc3)CCCCC2)cc1. The summed E-state index contributed by atoms with van der Waals surface area (Å²) in [6, 6.07) is 40.3. The van der Waals surface area contributed by atoms with E-state index in [0.29, 0.717) is 0 Å². The monoisotopic (exact) mass is 579 g/mol. The molecule has 1 nitrogen and oxygen atoms in total. The number of nitrogens with zero attached hydrogens (tertiary/aromatic N) is 1. The number of hydrogen-bond acceptors (Lipinski definition) is 1. The van der Waals surface area contributed by atoms with E-state index in [2.05, 4.69) is 108 Å². The van der Waals surface area contributed by atoms with Gasteiger partial charge in [0.25, 0.3) is 0 Å². The lowest BCUT2D eigenvalue weighted by molar-refractivity contribution is 0.346. The Kier molecular flexibility index (Phi) is 7.83. The van der Waals surface area contributed by atoms with E-state index in [-0.39, 0.29) is 5.41 Å². The molecule has 4 aliphatic carbocycles. The van der Waals surface area contributed by atoms with Gasteiger partial charge in [-0.1, -0.05) is 112 Å². The topological polar surface area (TPSA) is 3.24 Å². The summed E-state index contributed by atoms with van der Waals surface area (Å²) in [6.07, 6.45) is 19.1. The highest BCUT2D eigenvalue weighted by molar-refractivity contribution is 5.77. The third kappa shape index (κ3) is 5.31. The Morgan fingerprint density at radius 2 is 1.05 bits per heavy atom.